The van der Waals surface area contributed by atoms with E-state index in [2.05, 4.69) is 42.5 Å². The van der Waals surface area contributed by atoms with E-state index < -0.39 is 11.8 Å². The summed E-state index contributed by atoms with van der Waals surface area (Å²) in [4.78, 5) is 39.3. The minimum atomic E-state index is -0.586. The summed E-state index contributed by atoms with van der Waals surface area (Å²) in [7, 11) is 0. The summed E-state index contributed by atoms with van der Waals surface area (Å²) in [5.41, 5.74) is 2.75. The van der Waals surface area contributed by atoms with Crippen LogP contribution in [0.5, 0.6) is 5.75 Å². The van der Waals surface area contributed by atoms with Crippen molar-refractivity contribution in [3.63, 3.8) is 0 Å². The first-order valence-electron chi connectivity index (χ1n) is 10.7. The molecular formula is C26H19Br2N3O4S. The molecule has 0 radical (unpaired) electrons. The minimum absolute atomic E-state index is 0.0170. The zero-order valence-electron chi connectivity index (χ0n) is 18.9. The molecule has 1 heterocycles. The molecule has 7 nitrogen and oxygen atoms in total. The number of hydrogen-bond acceptors (Lipinski definition) is 5. The number of rotatable bonds is 6. The van der Waals surface area contributed by atoms with Gasteiger partial charge in [0.05, 0.1) is 14.6 Å². The van der Waals surface area contributed by atoms with E-state index in [-0.39, 0.29) is 23.2 Å². The number of para-hydroxylation sites is 1. The summed E-state index contributed by atoms with van der Waals surface area (Å²) in [5, 5.41) is 5.37. The molecule has 10 heteroatoms. The fraction of sp³-hybridized carbons (Fsp3) is 0.0769. The monoisotopic (exact) mass is 627 g/mol. The van der Waals surface area contributed by atoms with Gasteiger partial charge in [-0.2, -0.15) is 0 Å². The molecule has 36 heavy (non-hydrogen) atoms. The molecule has 0 spiro atoms. The van der Waals surface area contributed by atoms with Crippen LogP contribution in [0.25, 0.3) is 6.08 Å². The third-order valence-corrected chi connectivity index (χ3v) is 6.56. The maximum absolute atomic E-state index is 13.2. The number of carbonyl (C=O) groups is 3. The maximum Gasteiger partial charge on any atom is 0.270 e. The van der Waals surface area contributed by atoms with Crippen molar-refractivity contribution < 1.29 is 19.1 Å². The quantitative estimate of drug-likeness (QED) is 0.218. The van der Waals surface area contributed by atoms with E-state index in [0.29, 0.717) is 31.6 Å². The predicted octanol–water partition coefficient (Wildman–Crippen LogP) is 5.37. The Labute approximate surface area is 229 Å². The van der Waals surface area contributed by atoms with E-state index in [0.717, 1.165) is 5.56 Å². The zero-order valence-corrected chi connectivity index (χ0v) is 22.9. The van der Waals surface area contributed by atoms with Crippen molar-refractivity contribution >= 4 is 84.4 Å². The number of nitrogens with zero attached hydrogens (tertiary/aromatic N) is 1. The molecule has 1 aliphatic rings. The van der Waals surface area contributed by atoms with Crippen LogP contribution in [0, 0.1) is 6.92 Å². The Morgan fingerprint density at radius 2 is 1.75 bits per heavy atom. The Balaban J connectivity index is 1.51. The molecule has 0 saturated carbocycles. The number of aryl methyl sites for hydroxylation is 1. The normalized spacial score (nSPS) is 14.6. The second kappa shape index (κ2) is 11.2. The van der Waals surface area contributed by atoms with Crippen molar-refractivity contribution in [1.82, 2.24) is 5.32 Å². The lowest BCUT2D eigenvalue weighted by Crippen LogP contribution is -2.54. The molecule has 182 valence electrons. The molecule has 1 aliphatic heterocycles. The highest BCUT2D eigenvalue weighted by atomic mass is 79.9. The second-order valence-corrected chi connectivity index (χ2v) is 9.91. The van der Waals surface area contributed by atoms with Gasteiger partial charge in [0.25, 0.3) is 17.7 Å². The number of amides is 3. The lowest BCUT2D eigenvalue weighted by molar-refractivity contribution is -0.122. The van der Waals surface area contributed by atoms with Crippen LogP contribution in [0.15, 0.2) is 81.2 Å². The number of anilines is 2. The van der Waals surface area contributed by atoms with Crippen LogP contribution in [0.3, 0.4) is 0 Å². The Hall–Kier alpha value is -3.34. The largest absolute Gasteiger partial charge is 0.481 e. The Kier molecular flexibility index (Phi) is 7.97. The summed E-state index contributed by atoms with van der Waals surface area (Å²) in [6, 6.07) is 19.7. The van der Waals surface area contributed by atoms with Gasteiger partial charge in [-0.1, -0.05) is 30.3 Å². The molecule has 1 saturated heterocycles. The van der Waals surface area contributed by atoms with E-state index in [1.807, 2.05) is 31.2 Å². The van der Waals surface area contributed by atoms with Crippen LogP contribution in [0.2, 0.25) is 0 Å². The lowest BCUT2D eigenvalue weighted by atomic mass is 10.1. The van der Waals surface area contributed by atoms with Crippen molar-refractivity contribution in [2.24, 2.45) is 0 Å². The molecule has 1 fully saturated rings. The average Bonchev–Trinajstić information content (AvgIpc) is 2.82. The summed E-state index contributed by atoms with van der Waals surface area (Å²) in [6.45, 7) is 1.73. The number of ether oxygens (including phenoxy) is 1. The van der Waals surface area contributed by atoms with Gasteiger partial charge in [0.15, 0.2) is 11.7 Å². The van der Waals surface area contributed by atoms with Crippen LogP contribution in [0.1, 0.15) is 11.1 Å². The standard InChI is InChI=1S/C26H19Br2N3O4S/c1-15-6-5-7-17(10-15)29-22(32)14-35-23-20(27)12-16(13-21(23)28)11-19-24(33)30-26(36)31(25(19)34)18-8-3-2-4-9-18/h2-13H,14H2,1H3,(H,29,32)(H,30,33,36)/b19-11-. The Morgan fingerprint density at radius 1 is 1.06 bits per heavy atom. The smallest absolute Gasteiger partial charge is 0.270 e. The van der Waals surface area contributed by atoms with Crippen molar-refractivity contribution in [2.75, 3.05) is 16.8 Å². The summed E-state index contributed by atoms with van der Waals surface area (Å²) in [6.07, 6.45) is 1.47. The zero-order chi connectivity index (χ0) is 25.8. The topological polar surface area (TPSA) is 87.7 Å². The van der Waals surface area contributed by atoms with E-state index in [1.165, 1.54) is 11.0 Å². The highest BCUT2D eigenvalue weighted by Gasteiger charge is 2.34. The van der Waals surface area contributed by atoms with Gasteiger partial charge in [0.2, 0.25) is 0 Å². The third kappa shape index (κ3) is 5.89. The van der Waals surface area contributed by atoms with Gasteiger partial charge >= 0.3 is 0 Å². The number of thiocarbonyl (C=S) groups is 1. The first-order chi connectivity index (χ1) is 17.2. The molecular weight excluding hydrogens is 610 g/mol. The summed E-state index contributed by atoms with van der Waals surface area (Å²) in [5.74, 6) is -1.02. The van der Waals surface area contributed by atoms with E-state index in [4.69, 9.17) is 17.0 Å². The Morgan fingerprint density at radius 3 is 2.42 bits per heavy atom. The van der Waals surface area contributed by atoms with E-state index in [9.17, 15) is 14.4 Å². The average molecular weight is 629 g/mol. The van der Waals surface area contributed by atoms with E-state index in [1.54, 1.807) is 42.5 Å². The van der Waals surface area contributed by atoms with Crippen molar-refractivity contribution in [2.45, 2.75) is 6.92 Å². The fourth-order valence-electron chi connectivity index (χ4n) is 3.49. The molecule has 0 atom stereocenters. The minimum Gasteiger partial charge on any atom is -0.481 e. The summed E-state index contributed by atoms with van der Waals surface area (Å²) < 4.78 is 6.78. The van der Waals surface area contributed by atoms with Gasteiger partial charge in [-0.15, -0.1) is 0 Å². The number of benzene rings is 3. The highest BCUT2D eigenvalue weighted by Crippen LogP contribution is 2.36. The molecule has 0 unspecified atom stereocenters. The molecule has 2 N–H and O–H groups in total. The van der Waals surface area contributed by atoms with Gasteiger partial charge in [-0.25, -0.2) is 0 Å². The summed E-state index contributed by atoms with van der Waals surface area (Å²) >= 11 is 12.1. The van der Waals surface area contributed by atoms with Crippen LogP contribution in [-0.4, -0.2) is 29.4 Å². The first-order valence-corrected chi connectivity index (χ1v) is 12.7. The SMILES string of the molecule is Cc1cccc(NC(=O)COc2c(Br)cc(/C=C3/C(=O)NC(=S)N(c4ccccc4)C3=O)cc2Br)c1. The van der Waals surface area contributed by atoms with Gasteiger partial charge in [0.1, 0.15) is 11.3 Å². The van der Waals surface area contributed by atoms with Gasteiger partial charge in [-0.05, 0) is 105 Å². The molecule has 0 bridgehead atoms. The molecule has 3 aromatic carbocycles. The highest BCUT2D eigenvalue weighted by molar-refractivity contribution is 9.11. The van der Waals surface area contributed by atoms with E-state index >= 15 is 0 Å². The second-order valence-electron chi connectivity index (χ2n) is 7.81. The predicted molar refractivity (Wildman–Crippen MR) is 150 cm³/mol. The van der Waals surface area contributed by atoms with Gasteiger partial charge in [-0.3, -0.25) is 24.6 Å². The number of carbonyl (C=O) groups excluding carboxylic acids is 3. The van der Waals surface area contributed by atoms with Crippen LogP contribution >= 0.6 is 44.1 Å². The fourth-order valence-corrected chi connectivity index (χ4v) is 5.23. The molecule has 4 rings (SSSR count). The number of halogens is 2. The van der Waals surface area contributed by atoms with Crippen LogP contribution < -0.4 is 20.3 Å². The number of hydrogen-bond donors (Lipinski definition) is 2. The van der Waals surface area contributed by atoms with Crippen LogP contribution in [0.4, 0.5) is 11.4 Å². The van der Waals surface area contributed by atoms with Crippen molar-refractivity contribution in [1.29, 1.82) is 0 Å². The molecule has 0 aromatic heterocycles. The lowest BCUT2D eigenvalue weighted by Gasteiger charge is -2.28. The van der Waals surface area contributed by atoms with Crippen molar-refractivity contribution in [3.05, 3.63) is 92.4 Å². The van der Waals surface area contributed by atoms with Crippen LogP contribution in [-0.2, 0) is 14.4 Å². The maximum atomic E-state index is 13.2. The van der Waals surface area contributed by atoms with Crippen molar-refractivity contribution in [3.8, 4) is 5.75 Å². The molecule has 0 aliphatic carbocycles. The first kappa shape index (κ1) is 25.7. The van der Waals surface area contributed by atoms with Gasteiger partial charge < -0.3 is 10.1 Å². The molecule has 3 amide bonds. The molecule has 3 aromatic rings. The Bertz CT molecular complexity index is 1390. The third-order valence-electron chi connectivity index (χ3n) is 5.10. The number of nitrogens with one attached hydrogen (secondary N) is 2. The van der Waals surface area contributed by atoms with Gasteiger partial charge in [0, 0.05) is 5.69 Å².